The van der Waals surface area contributed by atoms with Crippen molar-refractivity contribution in [3.8, 4) is 0 Å². The van der Waals surface area contributed by atoms with Gasteiger partial charge < -0.3 is 9.80 Å². The van der Waals surface area contributed by atoms with E-state index < -0.39 is 0 Å². The van der Waals surface area contributed by atoms with Gasteiger partial charge in [0.05, 0.1) is 16.0 Å². The molecule has 0 saturated carbocycles. The lowest BCUT2D eigenvalue weighted by atomic mass is 9.92. The van der Waals surface area contributed by atoms with Crippen molar-refractivity contribution in [1.29, 1.82) is 0 Å². The third-order valence-corrected chi connectivity index (χ3v) is 6.81. The predicted octanol–water partition coefficient (Wildman–Crippen LogP) is 5.10. The van der Waals surface area contributed by atoms with Crippen LogP contribution in [0.4, 0.5) is 0 Å². The second-order valence-electron chi connectivity index (χ2n) is 8.40. The molecule has 180 valence electrons. The predicted molar refractivity (Wildman–Crippen MR) is 137 cm³/mol. The lowest BCUT2D eigenvalue weighted by Crippen LogP contribution is -2.48. The third-order valence-electron chi connectivity index (χ3n) is 6.07. The van der Waals surface area contributed by atoms with Crippen LogP contribution in [0, 0.1) is 0 Å². The largest absolute Gasteiger partial charge is 0.341 e. The summed E-state index contributed by atoms with van der Waals surface area (Å²) in [6, 6.07) is 15.5. The van der Waals surface area contributed by atoms with Crippen molar-refractivity contribution in [3.05, 3.63) is 69.7 Å². The maximum Gasteiger partial charge on any atom is 0.230 e. The van der Waals surface area contributed by atoms with E-state index in [2.05, 4.69) is 4.90 Å². The van der Waals surface area contributed by atoms with Crippen LogP contribution in [-0.4, -0.2) is 66.3 Å². The highest BCUT2D eigenvalue weighted by molar-refractivity contribution is 6.42. The van der Waals surface area contributed by atoms with Crippen molar-refractivity contribution in [2.45, 2.75) is 32.2 Å². The van der Waals surface area contributed by atoms with Crippen LogP contribution in [0.3, 0.4) is 0 Å². The fourth-order valence-corrected chi connectivity index (χ4v) is 4.47. The molecule has 8 heteroatoms. The summed E-state index contributed by atoms with van der Waals surface area (Å²) in [7, 11) is 1.85. The smallest absolute Gasteiger partial charge is 0.230 e. The Morgan fingerprint density at radius 3 is 2.27 bits per heavy atom. The Morgan fingerprint density at radius 1 is 1.00 bits per heavy atom. The number of hydrogen-bond donors (Lipinski definition) is 0. The van der Waals surface area contributed by atoms with Crippen molar-refractivity contribution >= 4 is 47.4 Å². The zero-order valence-electron chi connectivity index (χ0n) is 19.2. The maximum absolute atomic E-state index is 13.4. The van der Waals surface area contributed by atoms with Gasteiger partial charge in [0.15, 0.2) is 0 Å². The monoisotopic (exact) mass is 511 g/mol. The van der Waals surface area contributed by atoms with Gasteiger partial charge in [-0.25, -0.2) is 0 Å². The molecule has 1 unspecified atom stereocenters. The summed E-state index contributed by atoms with van der Waals surface area (Å²) in [5, 5.41) is 0.954. The summed E-state index contributed by atoms with van der Waals surface area (Å²) >= 11 is 12.4. The molecule has 0 aliphatic carbocycles. The molecule has 0 bridgehead atoms. The van der Waals surface area contributed by atoms with Crippen LogP contribution in [0.5, 0.6) is 0 Å². The molecule has 2 aromatic rings. The Bertz CT molecular complexity index is 918. The first kappa shape index (κ1) is 27.5. The summed E-state index contributed by atoms with van der Waals surface area (Å²) in [6.07, 6.45) is 1.61. The van der Waals surface area contributed by atoms with Gasteiger partial charge in [0.25, 0.3) is 0 Å². The number of likely N-dealkylation sites (N-methyl/N-ethyl adjacent to an activating group) is 1. The van der Waals surface area contributed by atoms with Gasteiger partial charge in [0, 0.05) is 46.7 Å². The minimum atomic E-state index is -0.281. The third kappa shape index (κ3) is 7.89. The van der Waals surface area contributed by atoms with Crippen molar-refractivity contribution < 1.29 is 9.59 Å². The zero-order valence-corrected chi connectivity index (χ0v) is 21.5. The Balaban J connectivity index is 0.00000385. The van der Waals surface area contributed by atoms with Crippen LogP contribution >= 0.6 is 35.6 Å². The van der Waals surface area contributed by atoms with Crippen LogP contribution in [0.2, 0.25) is 10.0 Å². The molecular weight excluding hydrogens is 481 g/mol. The van der Waals surface area contributed by atoms with Crippen molar-refractivity contribution in [2.24, 2.45) is 0 Å². The molecule has 3 rings (SSSR count). The van der Waals surface area contributed by atoms with Crippen LogP contribution in [-0.2, 0) is 16.1 Å². The van der Waals surface area contributed by atoms with E-state index in [1.165, 1.54) is 0 Å². The fraction of sp³-hybridized carbons (Fsp3) is 0.440. The Kier molecular flexibility index (Phi) is 11.0. The van der Waals surface area contributed by atoms with Gasteiger partial charge in [-0.15, -0.1) is 12.4 Å². The molecule has 0 radical (unpaired) electrons. The number of carbonyl (C=O) groups is 2. The normalized spacial score (nSPS) is 15.0. The molecule has 1 saturated heterocycles. The van der Waals surface area contributed by atoms with E-state index in [-0.39, 0.29) is 30.1 Å². The number of benzene rings is 2. The molecule has 1 aliphatic heterocycles. The number of rotatable bonds is 8. The van der Waals surface area contributed by atoms with E-state index in [1.54, 1.807) is 17.9 Å². The van der Waals surface area contributed by atoms with Crippen LogP contribution in [0.15, 0.2) is 48.5 Å². The van der Waals surface area contributed by atoms with E-state index in [1.807, 2.05) is 54.4 Å². The van der Waals surface area contributed by atoms with E-state index in [9.17, 15) is 9.59 Å². The number of carbonyl (C=O) groups excluding carboxylic acids is 2. The van der Waals surface area contributed by atoms with E-state index in [0.717, 1.165) is 56.7 Å². The zero-order chi connectivity index (χ0) is 23.1. The lowest BCUT2D eigenvalue weighted by Gasteiger charge is -2.34. The van der Waals surface area contributed by atoms with E-state index in [0.29, 0.717) is 16.6 Å². The van der Waals surface area contributed by atoms with Crippen LogP contribution in [0.25, 0.3) is 0 Å². The molecule has 1 fully saturated rings. The van der Waals surface area contributed by atoms with Gasteiger partial charge in [0.2, 0.25) is 11.8 Å². The second kappa shape index (κ2) is 13.2. The average molecular weight is 513 g/mol. The van der Waals surface area contributed by atoms with Crippen molar-refractivity contribution in [1.82, 2.24) is 14.7 Å². The maximum atomic E-state index is 13.4. The van der Waals surface area contributed by atoms with E-state index >= 15 is 0 Å². The molecule has 2 aromatic carbocycles. The number of amides is 2. The summed E-state index contributed by atoms with van der Waals surface area (Å²) in [5.74, 6) is -0.0676. The van der Waals surface area contributed by atoms with Crippen LogP contribution < -0.4 is 0 Å². The molecular formula is C25H32Cl3N3O2. The highest BCUT2D eigenvalue weighted by Gasteiger charge is 2.25. The number of halogens is 3. The first-order valence-electron chi connectivity index (χ1n) is 11.1. The van der Waals surface area contributed by atoms with Gasteiger partial charge in [-0.2, -0.15) is 0 Å². The summed E-state index contributed by atoms with van der Waals surface area (Å²) in [6.45, 7) is 6.37. The summed E-state index contributed by atoms with van der Waals surface area (Å²) in [5.41, 5.74) is 1.99. The van der Waals surface area contributed by atoms with Gasteiger partial charge >= 0.3 is 0 Å². The SMILES string of the molecule is CC(=O)N1CCN(CCCC(C(=O)N(C)Cc2ccccc2)c2ccc(Cl)c(Cl)c2)CC1.Cl. The highest BCUT2D eigenvalue weighted by atomic mass is 35.5. The standard InChI is InChI=1S/C25H31Cl2N3O2.ClH/c1-19(31)30-15-13-29(14-16-30)12-6-9-22(21-10-11-23(26)24(27)17-21)25(32)28(2)18-20-7-4-3-5-8-20;/h3-5,7-8,10-11,17,22H,6,9,12-16,18H2,1-2H3;1H. The molecule has 0 N–H and O–H groups in total. The molecule has 5 nitrogen and oxygen atoms in total. The topological polar surface area (TPSA) is 43.9 Å². The summed E-state index contributed by atoms with van der Waals surface area (Å²) in [4.78, 5) is 31.0. The lowest BCUT2D eigenvalue weighted by molar-refractivity contribution is -0.132. The fourth-order valence-electron chi connectivity index (χ4n) is 4.17. The molecule has 1 atom stereocenters. The van der Waals surface area contributed by atoms with Gasteiger partial charge in [-0.1, -0.05) is 59.6 Å². The number of hydrogen-bond acceptors (Lipinski definition) is 3. The Labute approximate surface area is 213 Å². The average Bonchev–Trinajstić information content (AvgIpc) is 2.79. The molecule has 1 aliphatic rings. The molecule has 2 amide bonds. The van der Waals surface area contributed by atoms with Gasteiger partial charge in [-0.3, -0.25) is 14.5 Å². The quantitative estimate of drug-likeness (QED) is 0.494. The van der Waals surface area contributed by atoms with Gasteiger partial charge in [0.1, 0.15) is 0 Å². The first-order chi connectivity index (χ1) is 15.3. The van der Waals surface area contributed by atoms with Gasteiger partial charge in [-0.05, 0) is 42.6 Å². The van der Waals surface area contributed by atoms with Crippen molar-refractivity contribution in [3.63, 3.8) is 0 Å². The summed E-state index contributed by atoms with van der Waals surface area (Å²) < 4.78 is 0. The minimum Gasteiger partial charge on any atom is -0.341 e. The van der Waals surface area contributed by atoms with E-state index in [4.69, 9.17) is 23.2 Å². The molecule has 1 heterocycles. The molecule has 0 spiro atoms. The molecule has 33 heavy (non-hydrogen) atoms. The Morgan fingerprint density at radius 2 is 1.67 bits per heavy atom. The second-order valence-corrected chi connectivity index (χ2v) is 9.21. The number of piperazine rings is 1. The van der Waals surface area contributed by atoms with Crippen molar-refractivity contribution in [2.75, 3.05) is 39.8 Å². The molecule has 0 aromatic heterocycles. The first-order valence-corrected chi connectivity index (χ1v) is 11.8. The van der Waals surface area contributed by atoms with Crippen LogP contribution in [0.1, 0.15) is 36.8 Å². The highest BCUT2D eigenvalue weighted by Crippen LogP contribution is 2.30. The number of nitrogens with zero attached hydrogens (tertiary/aromatic N) is 3. The Hall–Kier alpha value is -1.79. The minimum absolute atomic E-state index is 0.